The van der Waals surface area contributed by atoms with Crippen molar-refractivity contribution < 1.29 is 13.2 Å². The van der Waals surface area contributed by atoms with Crippen molar-refractivity contribution in [1.82, 2.24) is 14.5 Å². The van der Waals surface area contributed by atoms with E-state index in [1.807, 2.05) is 18.9 Å². The van der Waals surface area contributed by atoms with Crippen molar-refractivity contribution in [2.24, 2.45) is 0 Å². The van der Waals surface area contributed by atoms with Gasteiger partial charge in [0.05, 0.1) is 10.9 Å². The third-order valence-electron chi connectivity index (χ3n) is 3.39. The first-order valence-corrected chi connectivity index (χ1v) is 8.11. The molecule has 0 aliphatic carbocycles. The van der Waals surface area contributed by atoms with E-state index in [9.17, 15) is 13.2 Å². The Morgan fingerprint density at radius 1 is 1.19 bits per heavy atom. The summed E-state index contributed by atoms with van der Waals surface area (Å²) in [5, 5.41) is 0. The SMILES string of the molecule is CNS(=O)(=O)c1ccc(CN(C)[C@@H](C)C(=O)N(C)C)cc1. The molecule has 1 amide bonds. The second-order valence-electron chi connectivity index (χ2n) is 5.18. The molecule has 0 aromatic heterocycles. The Bertz CT molecular complexity index is 582. The highest BCUT2D eigenvalue weighted by Gasteiger charge is 2.19. The van der Waals surface area contributed by atoms with Gasteiger partial charge in [-0.05, 0) is 38.7 Å². The normalized spacial score (nSPS) is 13.2. The van der Waals surface area contributed by atoms with E-state index in [4.69, 9.17) is 0 Å². The zero-order valence-electron chi connectivity index (χ0n) is 13.1. The average molecular weight is 313 g/mol. The summed E-state index contributed by atoms with van der Waals surface area (Å²) in [4.78, 5) is 15.6. The predicted octanol–water partition coefficient (Wildman–Crippen LogP) is 0.503. The number of carbonyl (C=O) groups excluding carboxylic acids is 1. The van der Waals surface area contributed by atoms with Gasteiger partial charge in [0.15, 0.2) is 0 Å². The first-order valence-electron chi connectivity index (χ1n) is 6.63. The Labute approximate surface area is 126 Å². The number of nitrogens with zero attached hydrogens (tertiary/aromatic N) is 2. The molecule has 0 aliphatic rings. The molecule has 1 atom stereocenters. The highest BCUT2D eigenvalue weighted by atomic mass is 32.2. The molecule has 0 fully saturated rings. The summed E-state index contributed by atoms with van der Waals surface area (Å²) in [5.74, 6) is 0.0341. The molecular formula is C14H23N3O3S. The van der Waals surface area contributed by atoms with Crippen molar-refractivity contribution in [3.05, 3.63) is 29.8 Å². The van der Waals surface area contributed by atoms with Crippen LogP contribution >= 0.6 is 0 Å². The molecule has 118 valence electrons. The fraction of sp³-hybridized carbons (Fsp3) is 0.500. The van der Waals surface area contributed by atoms with Crippen LogP contribution in [0.4, 0.5) is 0 Å². The lowest BCUT2D eigenvalue weighted by atomic mass is 10.2. The Morgan fingerprint density at radius 2 is 1.71 bits per heavy atom. The Kier molecular flexibility index (Phi) is 5.88. The predicted molar refractivity (Wildman–Crippen MR) is 82.3 cm³/mol. The lowest BCUT2D eigenvalue weighted by molar-refractivity contribution is -0.133. The summed E-state index contributed by atoms with van der Waals surface area (Å²) in [6, 6.07) is 6.41. The zero-order valence-corrected chi connectivity index (χ0v) is 13.9. The van der Waals surface area contributed by atoms with Gasteiger partial charge < -0.3 is 4.90 Å². The van der Waals surface area contributed by atoms with Crippen LogP contribution in [0, 0.1) is 0 Å². The highest BCUT2D eigenvalue weighted by Crippen LogP contribution is 2.12. The van der Waals surface area contributed by atoms with E-state index in [1.54, 1.807) is 43.3 Å². The lowest BCUT2D eigenvalue weighted by Gasteiger charge is -2.26. The van der Waals surface area contributed by atoms with Crippen LogP contribution in [0.25, 0.3) is 0 Å². The molecule has 0 heterocycles. The van der Waals surface area contributed by atoms with Gasteiger partial charge in [-0.1, -0.05) is 12.1 Å². The Morgan fingerprint density at radius 3 is 2.14 bits per heavy atom. The number of hydrogen-bond acceptors (Lipinski definition) is 4. The van der Waals surface area contributed by atoms with E-state index >= 15 is 0 Å². The van der Waals surface area contributed by atoms with Crippen molar-refractivity contribution in [3.63, 3.8) is 0 Å². The molecule has 7 heteroatoms. The number of amides is 1. The summed E-state index contributed by atoms with van der Waals surface area (Å²) >= 11 is 0. The number of benzene rings is 1. The fourth-order valence-electron chi connectivity index (χ4n) is 1.88. The average Bonchev–Trinajstić information content (AvgIpc) is 2.46. The Hall–Kier alpha value is -1.44. The van der Waals surface area contributed by atoms with E-state index in [0.29, 0.717) is 6.54 Å². The maximum atomic E-state index is 11.9. The summed E-state index contributed by atoms with van der Waals surface area (Å²) in [7, 11) is 3.29. The number of likely N-dealkylation sites (N-methyl/N-ethyl adjacent to an activating group) is 2. The molecule has 1 rings (SSSR count). The third kappa shape index (κ3) is 4.52. The highest BCUT2D eigenvalue weighted by molar-refractivity contribution is 7.89. The first-order chi connectivity index (χ1) is 9.69. The summed E-state index contributed by atoms with van der Waals surface area (Å²) in [6.07, 6.45) is 0. The number of nitrogens with one attached hydrogen (secondary N) is 1. The smallest absolute Gasteiger partial charge is 0.240 e. The van der Waals surface area contributed by atoms with Crippen LogP contribution in [0.3, 0.4) is 0 Å². The largest absolute Gasteiger partial charge is 0.347 e. The van der Waals surface area contributed by atoms with Gasteiger partial charge in [0, 0.05) is 20.6 Å². The molecule has 1 N–H and O–H groups in total. The third-order valence-corrected chi connectivity index (χ3v) is 4.82. The topological polar surface area (TPSA) is 69.7 Å². The molecule has 0 unspecified atom stereocenters. The molecule has 0 spiro atoms. The van der Waals surface area contributed by atoms with Crippen molar-refractivity contribution in [2.75, 3.05) is 28.2 Å². The molecule has 0 radical (unpaired) electrons. The molecule has 6 nitrogen and oxygen atoms in total. The summed E-state index contributed by atoms with van der Waals surface area (Å²) in [6.45, 7) is 2.42. The van der Waals surface area contributed by atoms with E-state index in [1.165, 1.54) is 7.05 Å². The van der Waals surface area contributed by atoms with Crippen molar-refractivity contribution in [2.45, 2.75) is 24.4 Å². The van der Waals surface area contributed by atoms with Gasteiger partial charge in [0.1, 0.15) is 0 Å². The monoisotopic (exact) mass is 313 g/mol. The quantitative estimate of drug-likeness (QED) is 0.830. The van der Waals surface area contributed by atoms with Crippen molar-refractivity contribution >= 4 is 15.9 Å². The molecular weight excluding hydrogens is 290 g/mol. The van der Waals surface area contributed by atoms with Crippen LogP contribution in [0.1, 0.15) is 12.5 Å². The van der Waals surface area contributed by atoms with Crippen molar-refractivity contribution in [1.29, 1.82) is 0 Å². The summed E-state index contributed by atoms with van der Waals surface area (Å²) in [5.41, 5.74) is 0.950. The number of sulfonamides is 1. The number of carbonyl (C=O) groups is 1. The van der Waals surface area contributed by atoms with Crippen LogP contribution in [0.2, 0.25) is 0 Å². The van der Waals surface area contributed by atoms with Gasteiger partial charge in [0.25, 0.3) is 0 Å². The minimum Gasteiger partial charge on any atom is -0.347 e. The van der Waals surface area contributed by atoms with Gasteiger partial charge in [-0.3, -0.25) is 9.69 Å². The second kappa shape index (κ2) is 7.02. The zero-order chi connectivity index (χ0) is 16.2. The first kappa shape index (κ1) is 17.6. The standard InChI is InChI=1S/C14H23N3O3S/c1-11(14(18)16(3)4)17(5)10-12-6-8-13(9-7-12)21(19,20)15-2/h6-9,11,15H,10H2,1-5H3/t11-/m0/s1. The summed E-state index contributed by atoms with van der Waals surface area (Å²) < 4.78 is 25.5. The number of hydrogen-bond donors (Lipinski definition) is 1. The fourth-order valence-corrected chi connectivity index (χ4v) is 2.61. The minimum atomic E-state index is -3.41. The van der Waals surface area contributed by atoms with Gasteiger partial charge in [-0.2, -0.15) is 0 Å². The van der Waals surface area contributed by atoms with Crippen LogP contribution in [-0.2, 0) is 21.4 Å². The molecule has 21 heavy (non-hydrogen) atoms. The van der Waals surface area contributed by atoms with Crippen LogP contribution < -0.4 is 4.72 Å². The van der Waals surface area contributed by atoms with E-state index in [0.717, 1.165) is 5.56 Å². The minimum absolute atomic E-state index is 0.0341. The van der Waals surface area contributed by atoms with Gasteiger partial charge in [-0.25, -0.2) is 13.1 Å². The van der Waals surface area contributed by atoms with E-state index in [-0.39, 0.29) is 16.8 Å². The maximum absolute atomic E-state index is 11.9. The van der Waals surface area contributed by atoms with E-state index < -0.39 is 10.0 Å². The van der Waals surface area contributed by atoms with Gasteiger partial charge >= 0.3 is 0 Å². The van der Waals surface area contributed by atoms with Crippen LogP contribution in [0.15, 0.2) is 29.2 Å². The van der Waals surface area contributed by atoms with Gasteiger partial charge in [-0.15, -0.1) is 0 Å². The van der Waals surface area contributed by atoms with Crippen molar-refractivity contribution in [3.8, 4) is 0 Å². The van der Waals surface area contributed by atoms with Gasteiger partial charge in [0.2, 0.25) is 15.9 Å². The molecule has 0 saturated heterocycles. The Balaban J connectivity index is 2.79. The molecule has 1 aromatic rings. The molecule has 1 aromatic carbocycles. The maximum Gasteiger partial charge on any atom is 0.240 e. The lowest BCUT2D eigenvalue weighted by Crippen LogP contribution is -2.42. The number of rotatable bonds is 6. The van der Waals surface area contributed by atoms with Crippen LogP contribution in [-0.4, -0.2) is 58.4 Å². The van der Waals surface area contributed by atoms with Crippen LogP contribution in [0.5, 0.6) is 0 Å². The molecule has 0 bridgehead atoms. The molecule has 0 aliphatic heterocycles. The van der Waals surface area contributed by atoms with E-state index in [2.05, 4.69) is 4.72 Å². The second-order valence-corrected chi connectivity index (χ2v) is 7.06. The molecule has 0 saturated carbocycles.